The summed E-state index contributed by atoms with van der Waals surface area (Å²) in [5, 5.41) is 3.25. The van der Waals surface area contributed by atoms with E-state index in [4.69, 9.17) is 11.6 Å². The van der Waals surface area contributed by atoms with Crippen molar-refractivity contribution in [2.45, 2.75) is 12.6 Å². The second kappa shape index (κ2) is 7.22. The van der Waals surface area contributed by atoms with E-state index in [9.17, 15) is 12.8 Å². The fourth-order valence-electron chi connectivity index (χ4n) is 2.15. The van der Waals surface area contributed by atoms with Gasteiger partial charge in [0.1, 0.15) is 15.7 Å². The maximum atomic E-state index is 13.2. The Morgan fingerprint density at radius 3 is 2.45 bits per heavy atom. The molecule has 22 heavy (non-hydrogen) atoms. The van der Waals surface area contributed by atoms with Gasteiger partial charge in [0, 0.05) is 18.8 Å². The predicted octanol–water partition coefficient (Wildman–Crippen LogP) is 3.35. The van der Waals surface area contributed by atoms with Crippen molar-refractivity contribution in [2.75, 3.05) is 12.0 Å². The van der Waals surface area contributed by atoms with Crippen LogP contribution >= 0.6 is 11.6 Å². The van der Waals surface area contributed by atoms with E-state index >= 15 is 0 Å². The van der Waals surface area contributed by atoms with E-state index in [0.29, 0.717) is 6.54 Å². The summed E-state index contributed by atoms with van der Waals surface area (Å²) in [4.78, 5) is 0. The zero-order valence-electron chi connectivity index (χ0n) is 12.1. The molecule has 118 valence electrons. The van der Waals surface area contributed by atoms with Crippen molar-refractivity contribution in [2.24, 2.45) is 0 Å². The Hall–Kier alpha value is -1.43. The topological polar surface area (TPSA) is 46.2 Å². The maximum absolute atomic E-state index is 13.2. The molecule has 3 nitrogen and oxygen atoms in total. The van der Waals surface area contributed by atoms with Crippen molar-refractivity contribution in [3.8, 4) is 0 Å². The van der Waals surface area contributed by atoms with Crippen LogP contribution in [-0.4, -0.2) is 20.4 Å². The summed E-state index contributed by atoms with van der Waals surface area (Å²) in [6.07, 6.45) is 1.21. The molecule has 0 fully saturated rings. The SMILES string of the molecule is CS(=O)(=O)CC(NCc1ccc(F)c(Cl)c1)c1ccccc1. The molecule has 0 saturated carbocycles. The van der Waals surface area contributed by atoms with Gasteiger partial charge in [0.2, 0.25) is 0 Å². The summed E-state index contributed by atoms with van der Waals surface area (Å²) in [7, 11) is -3.14. The number of rotatable bonds is 6. The van der Waals surface area contributed by atoms with E-state index in [0.717, 1.165) is 11.1 Å². The smallest absolute Gasteiger partial charge is 0.149 e. The van der Waals surface area contributed by atoms with Crippen LogP contribution in [0, 0.1) is 5.82 Å². The standard InChI is InChI=1S/C16H17ClFNO2S/c1-22(20,21)11-16(13-5-3-2-4-6-13)19-10-12-7-8-15(18)14(17)9-12/h2-9,16,19H,10-11H2,1H3. The molecule has 1 N–H and O–H groups in total. The first-order valence-electron chi connectivity index (χ1n) is 6.75. The second-order valence-corrected chi connectivity index (χ2v) is 7.78. The average Bonchev–Trinajstić information content (AvgIpc) is 2.47. The summed E-state index contributed by atoms with van der Waals surface area (Å²) >= 11 is 5.75. The number of sulfone groups is 1. The molecule has 0 aliphatic carbocycles. The van der Waals surface area contributed by atoms with Crippen LogP contribution in [0.1, 0.15) is 17.2 Å². The molecular weight excluding hydrogens is 325 g/mol. The average molecular weight is 342 g/mol. The molecule has 2 aromatic rings. The first-order valence-corrected chi connectivity index (χ1v) is 9.19. The van der Waals surface area contributed by atoms with Crippen LogP contribution in [0.5, 0.6) is 0 Å². The minimum Gasteiger partial charge on any atom is -0.305 e. The van der Waals surface area contributed by atoms with E-state index in [-0.39, 0.29) is 16.8 Å². The molecule has 0 saturated heterocycles. The molecule has 0 amide bonds. The summed E-state index contributed by atoms with van der Waals surface area (Å²) in [5.41, 5.74) is 1.68. The highest BCUT2D eigenvalue weighted by molar-refractivity contribution is 7.90. The molecule has 0 spiro atoms. The van der Waals surface area contributed by atoms with Gasteiger partial charge in [-0.3, -0.25) is 0 Å². The number of halogens is 2. The zero-order valence-corrected chi connectivity index (χ0v) is 13.7. The van der Waals surface area contributed by atoms with Gasteiger partial charge in [0.15, 0.2) is 0 Å². The number of benzene rings is 2. The van der Waals surface area contributed by atoms with Gasteiger partial charge < -0.3 is 5.32 Å². The Bertz CT molecular complexity index is 735. The Labute approximate surface area is 135 Å². The highest BCUT2D eigenvalue weighted by Crippen LogP contribution is 2.18. The third kappa shape index (κ3) is 5.09. The van der Waals surface area contributed by atoms with E-state index in [1.54, 1.807) is 6.07 Å². The third-order valence-corrected chi connectivity index (χ3v) is 4.44. The summed E-state index contributed by atoms with van der Waals surface area (Å²) < 4.78 is 36.4. The van der Waals surface area contributed by atoms with Gasteiger partial charge in [0.05, 0.1) is 10.8 Å². The molecule has 2 aromatic carbocycles. The molecule has 6 heteroatoms. The molecule has 0 aromatic heterocycles. The quantitative estimate of drug-likeness (QED) is 0.876. The van der Waals surface area contributed by atoms with Crippen molar-refractivity contribution in [1.29, 1.82) is 0 Å². The molecule has 0 aliphatic rings. The van der Waals surface area contributed by atoms with Crippen LogP contribution in [0.25, 0.3) is 0 Å². The molecule has 0 radical (unpaired) electrons. The van der Waals surface area contributed by atoms with Crippen LogP contribution in [0.15, 0.2) is 48.5 Å². The first kappa shape index (κ1) is 16.9. The van der Waals surface area contributed by atoms with E-state index in [1.165, 1.54) is 18.4 Å². The van der Waals surface area contributed by atoms with Crippen LogP contribution < -0.4 is 5.32 Å². The van der Waals surface area contributed by atoms with Crippen LogP contribution in [0.4, 0.5) is 4.39 Å². The molecule has 0 aliphatic heterocycles. The van der Waals surface area contributed by atoms with Crippen LogP contribution in [-0.2, 0) is 16.4 Å². The fourth-order valence-corrected chi connectivity index (χ4v) is 3.27. The minimum atomic E-state index is -3.14. The van der Waals surface area contributed by atoms with Gasteiger partial charge in [-0.15, -0.1) is 0 Å². The maximum Gasteiger partial charge on any atom is 0.149 e. The number of hydrogen-bond acceptors (Lipinski definition) is 3. The molecule has 0 bridgehead atoms. The lowest BCUT2D eigenvalue weighted by Gasteiger charge is -2.18. The van der Waals surface area contributed by atoms with Gasteiger partial charge >= 0.3 is 0 Å². The zero-order chi connectivity index (χ0) is 16.2. The molecule has 0 heterocycles. The van der Waals surface area contributed by atoms with Crippen molar-refractivity contribution >= 4 is 21.4 Å². The van der Waals surface area contributed by atoms with Gasteiger partial charge in [-0.05, 0) is 23.3 Å². The predicted molar refractivity (Wildman–Crippen MR) is 87.1 cm³/mol. The Kier molecular flexibility index (Phi) is 5.56. The monoisotopic (exact) mass is 341 g/mol. The largest absolute Gasteiger partial charge is 0.305 e. The second-order valence-electron chi connectivity index (χ2n) is 5.19. The van der Waals surface area contributed by atoms with Gasteiger partial charge in [0.25, 0.3) is 0 Å². The molecular formula is C16H17ClFNO2S. The lowest BCUT2D eigenvalue weighted by molar-refractivity contribution is 0.550. The first-order chi connectivity index (χ1) is 10.3. The van der Waals surface area contributed by atoms with Gasteiger partial charge in [-0.2, -0.15) is 0 Å². The van der Waals surface area contributed by atoms with Crippen molar-refractivity contribution < 1.29 is 12.8 Å². The minimum absolute atomic E-state index is 0.00800. The highest BCUT2D eigenvalue weighted by Gasteiger charge is 2.17. The lowest BCUT2D eigenvalue weighted by Crippen LogP contribution is -2.27. The Morgan fingerprint density at radius 1 is 1.18 bits per heavy atom. The Balaban J connectivity index is 2.14. The van der Waals surface area contributed by atoms with Gasteiger partial charge in [-0.1, -0.05) is 48.0 Å². The summed E-state index contributed by atoms with van der Waals surface area (Å²) in [6, 6.07) is 13.5. The number of nitrogens with one attached hydrogen (secondary N) is 1. The van der Waals surface area contributed by atoms with Gasteiger partial charge in [-0.25, -0.2) is 12.8 Å². The highest BCUT2D eigenvalue weighted by atomic mass is 35.5. The van der Waals surface area contributed by atoms with E-state index in [2.05, 4.69) is 5.32 Å². The van der Waals surface area contributed by atoms with E-state index < -0.39 is 15.7 Å². The summed E-state index contributed by atoms with van der Waals surface area (Å²) in [5.74, 6) is -0.479. The molecule has 1 unspecified atom stereocenters. The fraction of sp³-hybridized carbons (Fsp3) is 0.250. The Morgan fingerprint density at radius 2 is 1.86 bits per heavy atom. The number of hydrogen-bond donors (Lipinski definition) is 1. The van der Waals surface area contributed by atoms with Crippen LogP contribution in [0.3, 0.4) is 0 Å². The third-order valence-electron chi connectivity index (χ3n) is 3.21. The summed E-state index contributed by atoms with van der Waals surface area (Å²) in [6.45, 7) is 0.398. The van der Waals surface area contributed by atoms with E-state index in [1.807, 2.05) is 30.3 Å². The lowest BCUT2D eigenvalue weighted by atomic mass is 10.1. The molecule has 2 rings (SSSR count). The molecule has 1 atom stereocenters. The van der Waals surface area contributed by atoms with Crippen molar-refractivity contribution in [3.05, 3.63) is 70.5 Å². The van der Waals surface area contributed by atoms with Crippen molar-refractivity contribution in [3.63, 3.8) is 0 Å². The van der Waals surface area contributed by atoms with Crippen LogP contribution in [0.2, 0.25) is 5.02 Å². The van der Waals surface area contributed by atoms with Crippen molar-refractivity contribution in [1.82, 2.24) is 5.32 Å². The normalized spacial score (nSPS) is 13.0.